The summed E-state index contributed by atoms with van der Waals surface area (Å²) >= 11 is 0. The van der Waals surface area contributed by atoms with Gasteiger partial charge in [0.1, 0.15) is 11.2 Å². The zero-order chi connectivity index (χ0) is 17.8. The van der Waals surface area contributed by atoms with Crippen LogP contribution in [0, 0.1) is 17.3 Å². The Balaban J connectivity index is 2.26. The van der Waals surface area contributed by atoms with Gasteiger partial charge in [0.2, 0.25) is 0 Å². The SMILES string of the molecule is C[C@H](O)[C@@H](N=C1C[C@H]2C[C@H](C2(C)C)[C@@]1(C)O)C(=O)OC(C)(C)C. The molecule has 3 aliphatic rings. The minimum absolute atomic E-state index is 0.0920. The lowest BCUT2D eigenvalue weighted by Gasteiger charge is -2.62. The first-order chi connectivity index (χ1) is 10.3. The van der Waals surface area contributed by atoms with Gasteiger partial charge < -0.3 is 14.9 Å². The van der Waals surface area contributed by atoms with Gasteiger partial charge in [0.15, 0.2) is 6.04 Å². The molecule has 0 aromatic rings. The molecule has 3 aliphatic carbocycles. The molecule has 132 valence electrons. The van der Waals surface area contributed by atoms with E-state index in [0.717, 1.165) is 6.42 Å². The Morgan fingerprint density at radius 1 is 1.35 bits per heavy atom. The molecule has 23 heavy (non-hydrogen) atoms. The molecule has 2 bridgehead atoms. The van der Waals surface area contributed by atoms with Crippen molar-refractivity contribution in [2.24, 2.45) is 22.2 Å². The van der Waals surface area contributed by atoms with Crippen LogP contribution in [0.15, 0.2) is 4.99 Å². The number of hydrogen-bond donors (Lipinski definition) is 2. The van der Waals surface area contributed by atoms with E-state index in [4.69, 9.17) is 4.74 Å². The van der Waals surface area contributed by atoms with E-state index in [1.807, 2.05) is 0 Å². The minimum Gasteiger partial charge on any atom is -0.458 e. The Morgan fingerprint density at radius 2 is 1.91 bits per heavy atom. The number of aliphatic imine (C=N–C) groups is 1. The fourth-order valence-corrected chi connectivity index (χ4v) is 4.03. The van der Waals surface area contributed by atoms with Crippen LogP contribution in [-0.4, -0.2) is 45.2 Å². The number of hydrogen-bond acceptors (Lipinski definition) is 5. The molecule has 0 aliphatic heterocycles. The topological polar surface area (TPSA) is 79.1 Å². The molecule has 3 fully saturated rings. The van der Waals surface area contributed by atoms with Crippen LogP contribution in [0.4, 0.5) is 0 Å². The summed E-state index contributed by atoms with van der Waals surface area (Å²) in [5, 5.41) is 20.9. The van der Waals surface area contributed by atoms with Crippen molar-refractivity contribution in [1.29, 1.82) is 0 Å². The summed E-state index contributed by atoms with van der Waals surface area (Å²) in [6, 6.07) is -0.990. The molecule has 5 atom stereocenters. The van der Waals surface area contributed by atoms with Crippen LogP contribution in [0.3, 0.4) is 0 Å². The highest BCUT2D eigenvalue weighted by atomic mass is 16.6. The maximum Gasteiger partial charge on any atom is 0.334 e. The number of fused-ring (bicyclic) bond motifs is 2. The van der Waals surface area contributed by atoms with E-state index in [-0.39, 0.29) is 11.3 Å². The van der Waals surface area contributed by atoms with Crippen LogP contribution < -0.4 is 0 Å². The van der Waals surface area contributed by atoms with Crippen molar-refractivity contribution in [3.63, 3.8) is 0 Å². The Bertz CT molecular complexity index is 514. The zero-order valence-corrected chi connectivity index (χ0v) is 15.4. The molecule has 0 unspecified atom stereocenters. The average molecular weight is 325 g/mol. The summed E-state index contributed by atoms with van der Waals surface area (Å²) in [4.78, 5) is 16.8. The number of esters is 1. The van der Waals surface area contributed by atoms with Crippen LogP contribution in [0.2, 0.25) is 0 Å². The molecule has 3 rings (SSSR count). The molecule has 0 amide bonds. The maximum absolute atomic E-state index is 12.3. The largest absolute Gasteiger partial charge is 0.458 e. The number of nitrogens with zero attached hydrogens (tertiary/aromatic N) is 1. The van der Waals surface area contributed by atoms with Gasteiger partial charge in [-0.1, -0.05) is 13.8 Å². The first-order valence-corrected chi connectivity index (χ1v) is 8.47. The van der Waals surface area contributed by atoms with Crippen LogP contribution >= 0.6 is 0 Å². The summed E-state index contributed by atoms with van der Waals surface area (Å²) in [7, 11) is 0. The van der Waals surface area contributed by atoms with Crippen molar-refractivity contribution in [2.45, 2.75) is 84.7 Å². The van der Waals surface area contributed by atoms with E-state index in [9.17, 15) is 15.0 Å². The van der Waals surface area contributed by atoms with E-state index in [2.05, 4.69) is 18.8 Å². The van der Waals surface area contributed by atoms with Gasteiger partial charge in [-0.15, -0.1) is 0 Å². The third kappa shape index (κ3) is 3.31. The van der Waals surface area contributed by atoms with Gasteiger partial charge in [-0.25, -0.2) is 4.79 Å². The lowest BCUT2D eigenvalue weighted by atomic mass is 9.44. The summed E-state index contributed by atoms with van der Waals surface area (Å²) in [5.74, 6) is 0.0647. The van der Waals surface area contributed by atoms with Gasteiger partial charge in [-0.2, -0.15) is 0 Å². The highest BCUT2D eigenvalue weighted by Gasteiger charge is 2.61. The molecule has 0 saturated heterocycles. The molecule has 0 heterocycles. The molecule has 0 aromatic heterocycles. The standard InChI is InChI=1S/C18H31NO4/c1-10(20)14(15(21)23-16(2,3)4)19-13-9-11-8-12(17(11,5)6)18(13,7)22/h10-12,14,20,22H,8-9H2,1-7H3/t10-,11+,12+,14+,18+/m0/s1. The van der Waals surface area contributed by atoms with Gasteiger partial charge >= 0.3 is 5.97 Å². The number of carbonyl (C=O) groups excluding carboxylic acids is 1. The molecule has 2 N–H and O–H groups in total. The molecular formula is C18H31NO4. The number of ether oxygens (including phenoxy) is 1. The van der Waals surface area contributed by atoms with Crippen molar-refractivity contribution in [2.75, 3.05) is 0 Å². The zero-order valence-electron chi connectivity index (χ0n) is 15.4. The third-order valence-electron chi connectivity index (χ3n) is 5.57. The Morgan fingerprint density at radius 3 is 2.30 bits per heavy atom. The summed E-state index contributed by atoms with van der Waals surface area (Å²) in [6.45, 7) is 13.0. The van der Waals surface area contributed by atoms with Crippen molar-refractivity contribution in [1.82, 2.24) is 0 Å². The van der Waals surface area contributed by atoms with E-state index in [1.165, 1.54) is 6.92 Å². The van der Waals surface area contributed by atoms with E-state index >= 15 is 0 Å². The summed E-state index contributed by atoms with van der Waals surface area (Å²) in [6.07, 6.45) is 0.701. The van der Waals surface area contributed by atoms with Gasteiger partial charge in [-0.05, 0) is 64.7 Å². The van der Waals surface area contributed by atoms with E-state index < -0.39 is 29.3 Å². The quantitative estimate of drug-likeness (QED) is 0.781. The Kier molecular flexibility index (Phi) is 4.44. The molecule has 0 radical (unpaired) electrons. The molecule has 5 heteroatoms. The predicted molar refractivity (Wildman–Crippen MR) is 89.4 cm³/mol. The average Bonchev–Trinajstić information content (AvgIpc) is 2.32. The van der Waals surface area contributed by atoms with Gasteiger partial charge in [0, 0.05) is 5.71 Å². The van der Waals surface area contributed by atoms with E-state index in [0.29, 0.717) is 18.1 Å². The summed E-state index contributed by atoms with van der Waals surface area (Å²) < 4.78 is 5.36. The Labute approximate surface area is 139 Å². The van der Waals surface area contributed by atoms with Crippen LogP contribution in [0.5, 0.6) is 0 Å². The third-order valence-corrected chi connectivity index (χ3v) is 5.57. The van der Waals surface area contributed by atoms with Crippen LogP contribution in [0.1, 0.15) is 61.3 Å². The second kappa shape index (κ2) is 5.55. The molecule has 0 aromatic carbocycles. The molecule has 0 spiro atoms. The molecule has 3 saturated carbocycles. The predicted octanol–water partition coefficient (Wildman–Crippen LogP) is 2.34. The van der Waals surface area contributed by atoms with Crippen molar-refractivity contribution in [3.05, 3.63) is 0 Å². The lowest BCUT2D eigenvalue weighted by Crippen LogP contribution is -2.65. The fraction of sp³-hybridized carbons (Fsp3) is 0.889. The smallest absolute Gasteiger partial charge is 0.334 e. The first-order valence-electron chi connectivity index (χ1n) is 8.47. The maximum atomic E-state index is 12.3. The van der Waals surface area contributed by atoms with Crippen LogP contribution in [0.25, 0.3) is 0 Å². The number of carbonyl (C=O) groups is 1. The number of rotatable bonds is 3. The minimum atomic E-state index is -1.03. The summed E-state index contributed by atoms with van der Waals surface area (Å²) in [5.41, 5.74) is -0.957. The lowest BCUT2D eigenvalue weighted by molar-refractivity contribution is -0.159. The van der Waals surface area contributed by atoms with E-state index in [1.54, 1.807) is 27.7 Å². The molecule has 5 nitrogen and oxygen atoms in total. The second-order valence-corrected chi connectivity index (χ2v) is 8.95. The Hall–Kier alpha value is -0.940. The van der Waals surface area contributed by atoms with Gasteiger partial charge in [0.05, 0.1) is 6.10 Å². The van der Waals surface area contributed by atoms with Crippen molar-refractivity contribution >= 4 is 11.7 Å². The van der Waals surface area contributed by atoms with Crippen molar-refractivity contribution < 1.29 is 19.7 Å². The van der Waals surface area contributed by atoms with Crippen molar-refractivity contribution in [3.8, 4) is 0 Å². The highest BCUT2D eigenvalue weighted by molar-refractivity contribution is 5.96. The van der Waals surface area contributed by atoms with Gasteiger partial charge in [-0.3, -0.25) is 4.99 Å². The number of aliphatic hydroxyl groups is 2. The number of aliphatic hydroxyl groups excluding tert-OH is 1. The molecular weight excluding hydrogens is 294 g/mol. The fourth-order valence-electron chi connectivity index (χ4n) is 4.03. The highest BCUT2D eigenvalue weighted by Crippen LogP contribution is 2.61. The monoisotopic (exact) mass is 325 g/mol. The second-order valence-electron chi connectivity index (χ2n) is 8.95. The first kappa shape index (κ1) is 18.4. The van der Waals surface area contributed by atoms with Gasteiger partial charge in [0.25, 0.3) is 0 Å². The normalized spacial score (nSPS) is 37.0. The van der Waals surface area contributed by atoms with Crippen LogP contribution in [-0.2, 0) is 9.53 Å².